The van der Waals surface area contributed by atoms with Crippen LogP contribution in [0.5, 0.6) is 0 Å². The monoisotopic (exact) mass is 239 g/mol. The van der Waals surface area contributed by atoms with E-state index in [9.17, 15) is 0 Å². The van der Waals surface area contributed by atoms with E-state index in [-0.39, 0.29) is 30.9 Å². The Kier molecular flexibility index (Phi) is 6.11. The lowest BCUT2D eigenvalue weighted by atomic mass is 10.2. The highest BCUT2D eigenvalue weighted by Crippen LogP contribution is 2.16. The van der Waals surface area contributed by atoms with E-state index in [1.807, 2.05) is 13.0 Å². The number of ether oxygens (including phenoxy) is 1. The van der Waals surface area contributed by atoms with Crippen LogP contribution in [0.2, 0.25) is 0 Å². The average Bonchev–Trinajstić information content (AvgIpc) is 2.54. The molecule has 14 heavy (non-hydrogen) atoms. The van der Waals surface area contributed by atoms with Gasteiger partial charge in [-0.2, -0.15) is 5.10 Å². The van der Waals surface area contributed by atoms with Crippen molar-refractivity contribution in [3.05, 3.63) is 17.5 Å². The normalized spacial score (nSPS) is 20.8. The Hall–Kier alpha value is -0.290. The molecular formula is C8H15Cl2N3O. The molecule has 0 aliphatic carbocycles. The first kappa shape index (κ1) is 13.7. The Labute approximate surface area is 95.6 Å². The molecule has 6 heteroatoms. The SMILES string of the molecule is Cc1cc(C2CNCCO2)n[nH]1.Cl.Cl. The first-order valence-electron chi connectivity index (χ1n) is 4.20. The van der Waals surface area contributed by atoms with Gasteiger partial charge in [0.2, 0.25) is 0 Å². The third-order valence-corrected chi connectivity index (χ3v) is 1.98. The number of rotatable bonds is 1. The van der Waals surface area contributed by atoms with Crippen LogP contribution < -0.4 is 5.32 Å². The second-order valence-corrected chi connectivity index (χ2v) is 3.04. The number of morpholine rings is 1. The molecule has 1 unspecified atom stereocenters. The Morgan fingerprint density at radius 2 is 2.29 bits per heavy atom. The van der Waals surface area contributed by atoms with E-state index < -0.39 is 0 Å². The van der Waals surface area contributed by atoms with Gasteiger partial charge in [-0.05, 0) is 13.0 Å². The van der Waals surface area contributed by atoms with Gasteiger partial charge in [0.15, 0.2) is 0 Å². The fraction of sp³-hybridized carbons (Fsp3) is 0.625. The third-order valence-electron chi connectivity index (χ3n) is 1.98. The van der Waals surface area contributed by atoms with Crippen LogP contribution in [0, 0.1) is 6.92 Å². The highest BCUT2D eigenvalue weighted by Gasteiger charge is 2.17. The zero-order valence-electron chi connectivity index (χ0n) is 7.95. The van der Waals surface area contributed by atoms with E-state index >= 15 is 0 Å². The molecule has 4 nitrogen and oxygen atoms in total. The Morgan fingerprint density at radius 3 is 2.79 bits per heavy atom. The van der Waals surface area contributed by atoms with Gasteiger partial charge in [-0.3, -0.25) is 5.10 Å². The molecule has 0 radical (unpaired) electrons. The van der Waals surface area contributed by atoms with Crippen molar-refractivity contribution in [2.24, 2.45) is 0 Å². The number of aromatic nitrogens is 2. The Balaban J connectivity index is 0.000000845. The van der Waals surface area contributed by atoms with Crippen molar-refractivity contribution in [2.45, 2.75) is 13.0 Å². The summed E-state index contributed by atoms with van der Waals surface area (Å²) in [5, 5.41) is 10.3. The maximum atomic E-state index is 5.53. The second-order valence-electron chi connectivity index (χ2n) is 3.04. The molecule has 1 saturated heterocycles. The summed E-state index contributed by atoms with van der Waals surface area (Å²) in [5.74, 6) is 0. The summed E-state index contributed by atoms with van der Waals surface area (Å²) in [6.45, 7) is 4.58. The summed E-state index contributed by atoms with van der Waals surface area (Å²) in [4.78, 5) is 0. The van der Waals surface area contributed by atoms with Crippen molar-refractivity contribution in [1.82, 2.24) is 15.5 Å². The standard InChI is InChI=1S/C8H13N3O.2ClH/c1-6-4-7(11-10-6)8-5-9-2-3-12-8;;/h4,8-9H,2-3,5H2,1H3,(H,10,11);2*1H. The van der Waals surface area contributed by atoms with Crippen LogP contribution in [-0.2, 0) is 4.74 Å². The summed E-state index contributed by atoms with van der Waals surface area (Å²) < 4.78 is 5.53. The molecule has 0 aromatic carbocycles. The van der Waals surface area contributed by atoms with Crippen molar-refractivity contribution in [3.63, 3.8) is 0 Å². The summed E-state index contributed by atoms with van der Waals surface area (Å²) in [6.07, 6.45) is 0.128. The number of aromatic amines is 1. The highest BCUT2D eigenvalue weighted by atomic mass is 35.5. The van der Waals surface area contributed by atoms with Gasteiger partial charge in [0.1, 0.15) is 6.10 Å². The molecule has 1 aliphatic heterocycles. The molecular weight excluding hydrogens is 225 g/mol. The maximum Gasteiger partial charge on any atom is 0.114 e. The molecule has 82 valence electrons. The molecule has 0 bridgehead atoms. The van der Waals surface area contributed by atoms with Gasteiger partial charge in [-0.25, -0.2) is 0 Å². The van der Waals surface area contributed by atoms with E-state index in [1.165, 1.54) is 0 Å². The predicted octanol–water partition coefficient (Wildman–Crippen LogP) is 1.22. The van der Waals surface area contributed by atoms with Crippen LogP contribution in [0.25, 0.3) is 0 Å². The number of hydrogen-bond acceptors (Lipinski definition) is 3. The summed E-state index contributed by atoms with van der Waals surface area (Å²) in [5.41, 5.74) is 2.08. The maximum absolute atomic E-state index is 5.53. The largest absolute Gasteiger partial charge is 0.369 e. The van der Waals surface area contributed by atoms with E-state index in [1.54, 1.807) is 0 Å². The van der Waals surface area contributed by atoms with Gasteiger partial charge in [0.05, 0.1) is 12.3 Å². The molecule has 1 fully saturated rings. The van der Waals surface area contributed by atoms with Crippen LogP contribution in [0.4, 0.5) is 0 Å². The van der Waals surface area contributed by atoms with E-state index in [0.717, 1.165) is 31.1 Å². The summed E-state index contributed by atoms with van der Waals surface area (Å²) >= 11 is 0. The van der Waals surface area contributed by atoms with Crippen molar-refractivity contribution in [3.8, 4) is 0 Å². The number of halogens is 2. The molecule has 1 aromatic heterocycles. The molecule has 1 atom stereocenters. The average molecular weight is 240 g/mol. The lowest BCUT2D eigenvalue weighted by Gasteiger charge is -2.21. The quantitative estimate of drug-likeness (QED) is 0.776. The number of aryl methyl sites for hydroxylation is 1. The number of nitrogens with one attached hydrogen (secondary N) is 2. The summed E-state index contributed by atoms with van der Waals surface area (Å²) in [6, 6.07) is 2.03. The minimum atomic E-state index is 0. The zero-order chi connectivity index (χ0) is 8.39. The zero-order valence-corrected chi connectivity index (χ0v) is 9.58. The van der Waals surface area contributed by atoms with E-state index in [2.05, 4.69) is 15.5 Å². The lowest BCUT2D eigenvalue weighted by molar-refractivity contribution is 0.0250. The van der Waals surface area contributed by atoms with Crippen molar-refractivity contribution in [2.75, 3.05) is 19.7 Å². The van der Waals surface area contributed by atoms with Gasteiger partial charge < -0.3 is 10.1 Å². The molecule has 1 aliphatic rings. The van der Waals surface area contributed by atoms with Gasteiger partial charge in [-0.15, -0.1) is 24.8 Å². The van der Waals surface area contributed by atoms with Gasteiger partial charge in [0.25, 0.3) is 0 Å². The highest BCUT2D eigenvalue weighted by molar-refractivity contribution is 5.85. The van der Waals surface area contributed by atoms with Crippen LogP contribution in [-0.4, -0.2) is 29.9 Å². The fourth-order valence-electron chi connectivity index (χ4n) is 1.36. The van der Waals surface area contributed by atoms with Crippen molar-refractivity contribution < 1.29 is 4.74 Å². The second kappa shape index (κ2) is 6.24. The van der Waals surface area contributed by atoms with Crippen LogP contribution >= 0.6 is 24.8 Å². The topological polar surface area (TPSA) is 49.9 Å². The number of H-pyrrole nitrogens is 1. The molecule has 2 heterocycles. The van der Waals surface area contributed by atoms with Gasteiger partial charge in [0, 0.05) is 18.8 Å². The predicted molar refractivity (Wildman–Crippen MR) is 59.4 cm³/mol. The van der Waals surface area contributed by atoms with Gasteiger partial charge in [-0.1, -0.05) is 0 Å². The van der Waals surface area contributed by atoms with Crippen LogP contribution in [0.3, 0.4) is 0 Å². The first-order valence-corrected chi connectivity index (χ1v) is 4.20. The van der Waals surface area contributed by atoms with Crippen molar-refractivity contribution in [1.29, 1.82) is 0 Å². The minimum absolute atomic E-state index is 0. The minimum Gasteiger partial charge on any atom is -0.369 e. The number of hydrogen-bond donors (Lipinski definition) is 2. The summed E-state index contributed by atoms with van der Waals surface area (Å²) in [7, 11) is 0. The van der Waals surface area contributed by atoms with E-state index in [0.29, 0.717) is 0 Å². The molecule has 2 rings (SSSR count). The molecule has 2 N–H and O–H groups in total. The first-order chi connectivity index (χ1) is 5.86. The van der Waals surface area contributed by atoms with Crippen LogP contribution in [0.15, 0.2) is 6.07 Å². The molecule has 0 amide bonds. The third kappa shape index (κ3) is 3.13. The molecule has 1 aromatic rings. The van der Waals surface area contributed by atoms with Gasteiger partial charge >= 0.3 is 0 Å². The van der Waals surface area contributed by atoms with Crippen molar-refractivity contribution >= 4 is 24.8 Å². The fourth-order valence-corrected chi connectivity index (χ4v) is 1.36. The number of nitrogens with zero attached hydrogens (tertiary/aromatic N) is 1. The molecule has 0 saturated carbocycles. The van der Waals surface area contributed by atoms with Crippen LogP contribution in [0.1, 0.15) is 17.5 Å². The molecule has 0 spiro atoms. The van der Waals surface area contributed by atoms with E-state index in [4.69, 9.17) is 4.74 Å². The smallest absolute Gasteiger partial charge is 0.114 e. The Bertz CT molecular complexity index is 261. The Morgan fingerprint density at radius 1 is 1.50 bits per heavy atom. The lowest BCUT2D eigenvalue weighted by Crippen LogP contribution is -2.33.